The van der Waals surface area contributed by atoms with Crippen molar-refractivity contribution >= 4 is 0 Å². The van der Waals surface area contributed by atoms with Crippen molar-refractivity contribution in [2.45, 2.75) is 5.92 Å². The Morgan fingerprint density at radius 3 is 2.25 bits per heavy atom. The van der Waals surface area contributed by atoms with Gasteiger partial charge in [0.1, 0.15) is 5.75 Å². The topological polar surface area (TPSA) is 20.2 Å². The molecule has 1 N–H and O–H groups in total. The fraction of sp³-hybridized carbons (Fsp3) is 0.0667. The lowest BCUT2D eigenvalue weighted by atomic mass is 9.91. The van der Waals surface area contributed by atoms with Crippen molar-refractivity contribution in [2.75, 3.05) is 0 Å². The Morgan fingerprint density at radius 2 is 1.62 bits per heavy atom. The van der Waals surface area contributed by atoms with Gasteiger partial charge in [0.2, 0.25) is 0 Å². The Balaban J connectivity index is 2.41. The second-order valence-electron chi connectivity index (χ2n) is 3.72. The first-order valence-electron chi connectivity index (χ1n) is 5.27. The van der Waals surface area contributed by atoms with Gasteiger partial charge in [0.15, 0.2) is 0 Å². The van der Waals surface area contributed by atoms with Crippen LogP contribution in [-0.2, 0) is 0 Å². The molecule has 0 aliphatic carbocycles. The minimum absolute atomic E-state index is 0.133. The van der Waals surface area contributed by atoms with E-state index in [1.165, 1.54) is 5.56 Å². The summed E-state index contributed by atoms with van der Waals surface area (Å²) >= 11 is 0. The van der Waals surface area contributed by atoms with Gasteiger partial charge in [-0.1, -0.05) is 48.5 Å². The number of aromatic hydroxyl groups is 1. The molecular weight excluding hydrogens is 196 g/mol. The number of hydrogen-bond acceptors (Lipinski definition) is 1. The van der Waals surface area contributed by atoms with Gasteiger partial charge in [0, 0.05) is 5.92 Å². The van der Waals surface area contributed by atoms with E-state index in [0.29, 0.717) is 5.75 Å². The van der Waals surface area contributed by atoms with Crippen LogP contribution >= 0.6 is 0 Å². The summed E-state index contributed by atoms with van der Waals surface area (Å²) in [5, 5.41) is 9.47. The van der Waals surface area contributed by atoms with E-state index >= 15 is 0 Å². The molecule has 0 spiro atoms. The Labute approximate surface area is 95.7 Å². The third-order valence-electron chi connectivity index (χ3n) is 2.62. The predicted molar refractivity (Wildman–Crippen MR) is 66.6 cm³/mol. The second-order valence-corrected chi connectivity index (χ2v) is 3.72. The van der Waals surface area contributed by atoms with Crippen molar-refractivity contribution in [1.82, 2.24) is 0 Å². The van der Waals surface area contributed by atoms with E-state index in [-0.39, 0.29) is 5.92 Å². The Morgan fingerprint density at radius 1 is 0.938 bits per heavy atom. The molecule has 1 atom stereocenters. The SMILES string of the molecule is C=CC(c1ccccc1)c1cccc(O)c1. The summed E-state index contributed by atoms with van der Waals surface area (Å²) in [6.07, 6.45) is 1.89. The molecule has 2 aromatic rings. The minimum atomic E-state index is 0.133. The predicted octanol–water partition coefficient (Wildman–Crippen LogP) is 3.71. The summed E-state index contributed by atoms with van der Waals surface area (Å²) in [6, 6.07) is 17.4. The van der Waals surface area contributed by atoms with Crippen molar-refractivity contribution in [1.29, 1.82) is 0 Å². The van der Waals surface area contributed by atoms with Gasteiger partial charge in [-0.05, 0) is 23.3 Å². The normalized spacial score (nSPS) is 12.0. The van der Waals surface area contributed by atoms with Gasteiger partial charge in [-0.2, -0.15) is 0 Å². The maximum Gasteiger partial charge on any atom is 0.115 e. The average molecular weight is 210 g/mol. The highest BCUT2D eigenvalue weighted by Crippen LogP contribution is 2.27. The molecule has 0 saturated heterocycles. The smallest absolute Gasteiger partial charge is 0.115 e. The molecule has 0 aliphatic rings. The van der Waals surface area contributed by atoms with Crippen LogP contribution in [0.2, 0.25) is 0 Å². The van der Waals surface area contributed by atoms with E-state index in [1.807, 2.05) is 36.4 Å². The molecule has 0 bridgehead atoms. The third-order valence-corrected chi connectivity index (χ3v) is 2.62. The molecular formula is C15H14O. The van der Waals surface area contributed by atoms with Gasteiger partial charge in [-0.3, -0.25) is 0 Å². The molecule has 1 heteroatoms. The number of hydrogen-bond donors (Lipinski definition) is 1. The van der Waals surface area contributed by atoms with Crippen molar-refractivity contribution in [2.24, 2.45) is 0 Å². The van der Waals surface area contributed by atoms with Gasteiger partial charge in [0.25, 0.3) is 0 Å². The minimum Gasteiger partial charge on any atom is -0.508 e. The molecule has 0 heterocycles. The van der Waals surface area contributed by atoms with Crippen LogP contribution in [0.4, 0.5) is 0 Å². The molecule has 0 amide bonds. The standard InChI is InChI=1S/C15H14O/c1-2-15(12-7-4-3-5-8-12)13-9-6-10-14(16)11-13/h2-11,15-16H,1H2. The molecule has 0 aliphatic heterocycles. The summed E-state index contributed by atoms with van der Waals surface area (Å²) in [4.78, 5) is 0. The van der Waals surface area contributed by atoms with Crippen molar-refractivity contribution in [3.05, 3.63) is 78.4 Å². The van der Waals surface area contributed by atoms with Crippen LogP contribution in [0.25, 0.3) is 0 Å². The summed E-state index contributed by atoms with van der Waals surface area (Å²) in [5.74, 6) is 0.425. The first-order valence-corrected chi connectivity index (χ1v) is 5.27. The van der Waals surface area contributed by atoms with Gasteiger partial charge < -0.3 is 5.11 Å². The Hall–Kier alpha value is -2.02. The molecule has 0 aromatic heterocycles. The van der Waals surface area contributed by atoms with E-state index in [9.17, 15) is 5.11 Å². The molecule has 2 aromatic carbocycles. The first kappa shape index (κ1) is 10.5. The van der Waals surface area contributed by atoms with Crippen LogP contribution < -0.4 is 0 Å². The number of phenolic OH excluding ortho intramolecular Hbond substituents is 1. The molecule has 0 radical (unpaired) electrons. The monoisotopic (exact) mass is 210 g/mol. The van der Waals surface area contributed by atoms with Gasteiger partial charge in [-0.25, -0.2) is 0 Å². The Bertz CT molecular complexity index is 474. The molecule has 1 unspecified atom stereocenters. The average Bonchev–Trinajstić information content (AvgIpc) is 2.31. The number of phenols is 1. The van der Waals surface area contributed by atoms with Crippen LogP contribution in [-0.4, -0.2) is 5.11 Å². The molecule has 0 fully saturated rings. The lowest BCUT2D eigenvalue weighted by molar-refractivity contribution is 0.474. The van der Waals surface area contributed by atoms with E-state index in [0.717, 1.165) is 5.56 Å². The van der Waals surface area contributed by atoms with E-state index in [2.05, 4.69) is 18.7 Å². The zero-order chi connectivity index (χ0) is 11.4. The van der Waals surface area contributed by atoms with Gasteiger partial charge in [0.05, 0.1) is 0 Å². The van der Waals surface area contributed by atoms with E-state index in [1.54, 1.807) is 12.1 Å². The quantitative estimate of drug-likeness (QED) is 0.766. The Kier molecular flexibility index (Phi) is 3.06. The van der Waals surface area contributed by atoms with Crippen LogP contribution in [0.3, 0.4) is 0 Å². The fourth-order valence-electron chi connectivity index (χ4n) is 1.84. The molecule has 1 nitrogen and oxygen atoms in total. The summed E-state index contributed by atoms with van der Waals surface area (Å²) in [6.45, 7) is 3.86. The summed E-state index contributed by atoms with van der Waals surface area (Å²) in [5.41, 5.74) is 2.24. The van der Waals surface area contributed by atoms with Crippen molar-refractivity contribution in [3.63, 3.8) is 0 Å². The van der Waals surface area contributed by atoms with Gasteiger partial charge in [-0.15, -0.1) is 6.58 Å². The zero-order valence-corrected chi connectivity index (χ0v) is 9.01. The van der Waals surface area contributed by atoms with Crippen LogP contribution in [0.1, 0.15) is 17.0 Å². The van der Waals surface area contributed by atoms with Gasteiger partial charge >= 0.3 is 0 Å². The first-order chi connectivity index (χ1) is 7.81. The van der Waals surface area contributed by atoms with E-state index < -0.39 is 0 Å². The molecule has 0 saturated carbocycles. The maximum absolute atomic E-state index is 9.47. The second kappa shape index (κ2) is 4.67. The maximum atomic E-state index is 9.47. The highest BCUT2D eigenvalue weighted by Gasteiger charge is 2.09. The third kappa shape index (κ3) is 2.14. The molecule has 16 heavy (non-hydrogen) atoms. The van der Waals surface area contributed by atoms with Crippen LogP contribution in [0.5, 0.6) is 5.75 Å². The molecule has 80 valence electrons. The van der Waals surface area contributed by atoms with Crippen LogP contribution in [0, 0.1) is 0 Å². The molecule has 2 rings (SSSR count). The summed E-state index contributed by atoms with van der Waals surface area (Å²) < 4.78 is 0. The largest absolute Gasteiger partial charge is 0.508 e. The number of allylic oxidation sites excluding steroid dienone is 1. The highest BCUT2D eigenvalue weighted by molar-refractivity contribution is 5.39. The number of rotatable bonds is 3. The van der Waals surface area contributed by atoms with E-state index in [4.69, 9.17) is 0 Å². The lowest BCUT2D eigenvalue weighted by Gasteiger charge is -2.13. The number of benzene rings is 2. The van der Waals surface area contributed by atoms with Crippen LogP contribution in [0.15, 0.2) is 67.3 Å². The van der Waals surface area contributed by atoms with Crippen molar-refractivity contribution < 1.29 is 5.11 Å². The van der Waals surface area contributed by atoms with Crippen molar-refractivity contribution in [3.8, 4) is 5.75 Å². The zero-order valence-electron chi connectivity index (χ0n) is 9.01. The summed E-state index contributed by atoms with van der Waals surface area (Å²) in [7, 11) is 0. The fourth-order valence-corrected chi connectivity index (χ4v) is 1.84. The highest BCUT2D eigenvalue weighted by atomic mass is 16.3. The lowest BCUT2D eigenvalue weighted by Crippen LogP contribution is -1.96.